The van der Waals surface area contributed by atoms with Gasteiger partial charge in [0.15, 0.2) is 14.5 Å². The SMILES string of the molecule is [B]c1ccc(/C=C/C(=O)OCC(=O)c2c[nH]c3ccc(C)cc23)o1. The van der Waals surface area contributed by atoms with Crippen molar-refractivity contribution in [3.63, 3.8) is 0 Å². The van der Waals surface area contributed by atoms with E-state index >= 15 is 0 Å². The molecule has 0 atom stereocenters. The van der Waals surface area contributed by atoms with Gasteiger partial charge in [0.05, 0.1) is 0 Å². The number of ether oxygens (including phenoxy) is 1. The summed E-state index contributed by atoms with van der Waals surface area (Å²) in [5, 5.41) is 0.817. The first-order chi connectivity index (χ1) is 11.5. The zero-order valence-electron chi connectivity index (χ0n) is 13.0. The van der Waals surface area contributed by atoms with Crippen LogP contribution in [0.3, 0.4) is 0 Å². The molecular weight excluding hydrogens is 305 g/mol. The number of hydrogen-bond acceptors (Lipinski definition) is 4. The van der Waals surface area contributed by atoms with E-state index in [1.807, 2.05) is 25.1 Å². The second-order valence-electron chi connectivity index (χ2n) is 5.36. The first-order valence-electron chi connectivity index (χ1n) is 7.34. The lowest BCUT2D eigenvalue weighted by Crippen LogP contribution is -2.12. The van der Waals surface area contributed by atoms with E-state index in [2.05, 4.69) is 4.98 Å². The zero-order chi connectivity index (χ0) is 17.1. The molecule has 0 bridgehead atoms. The molecule has 2 heterocycles. The van der Waals surface area contributed by atoms with Crippen LogP contribution in [-0.2, 0) is 9.53 Å². The van der Waals surface area contributed by atoms with Crippen LogP contribution in [-0.4, -0.2) is 31.2 Å². The maximum absolute atomic E-state index is 12.3. The lowest BCUT2D eigenvalue weighted by atomic mass is 10.1. The lowest BCUT2D eigenvalue weighted by Gasteiger charge is -2.01. The number of benzene rings is 1. The van der Waals surface area contributed by atoms with Gasteiger partial charge in [0.25, 0.3) is 0 Å². The Labute approximate surface area is 139 Å². The molecule has 0 saturated carbocycles. The van der Waals surface area contributed by atoms with Crippen LogP contribution < -0.4 is 5.66 Å². The molecule has 2 aromatic heterocycles. The summed E-state index contributed by atoms with van der Waals surface area (Å²) in [7, 11) is 5.43. The van der Waals surface area contributed by atoms with Crippen molar-refractivity contribution >= 4 is 42.2 Å². The number of hydrogen-bond donors (Lipinski definition) is 1. The van der Waals surface area contributed by atoms with Gasteiger partial charge in [-0.2, -0.15) is 0 Å². The van der Waals surface area contributed by atoms with Gasteiger partial charge in [-0.25, -0.2) is 4.79 Å². The first kappa shape index (κ1) is 15.9. The smallest absolute Gasteiger partial charge is 0.331 e. The van der Waals surface area contributed by atoms with Gasteiger partial charge in [0.1, 0.15) is 5.76 Å². The Morgan fingerprint density at radius 1 is 1.29 bits per heavy atom. The molecule has 0 fully saturated rings. The van der Waals surface area contributed by atoms with Crippen molar-refractivity contribution < 1.29 is 18.7 Å². The average molecular weight is 319 g/mol. The van der Waals surface area contributed by atoms with Crippen molar-refractivity contribution in [2.24, 2.45) is 0 Å². The van der Waals surface area contributed by atoms with Gasteiger partial charge in [-0.15, -0.1) is 0 Å². The van der Waals surface area contributed by atoms with Gasteiger partial charge < -0.3 is 14.1 Å². The highest BCUT2D eigenvalue weighted by Gasteiger charge is 2.13. The fraction of sp³-hybridized carbons (Fsp3) is 0.111. The van der Waals surface area contributed by atoms with Crippen LogP contribution in [0.25, 0.3) is 17.0 Å². The second-order valence-corrected chi connectivity index (χ2v) is 5.36. The maximum Gasteiger partial charge on any atom is 0.331 e. The number of aromatic amines is 1. The summed E-state index contributed by atoms with van der Waals surface area (Å²) in [6.07, 6.45) is 4.24. The molecular formula is C18H14BNO4. The van der Waals surface area contributed by atoms with Crippen LogP contribution in [0, 0.1) is 6.92 Å². The van der Waals surface area contributed by atoms with Crippen LogP contribution in [0.15, 0.2) is 47.0 Å². The molecule has 1 N–H and O–H groups in total. The van der Waals surface area contributed by atoms with Crippen LogP contribution in [0.2, 0.25) is 0 Å². The number of H-pyrrole nitrogens is 1. The summed E-state index contributed by atoms with van der Waals surface area (Å²) in [5.41, 5.74) is 2.68. The van der Waals surface area contributed by atoms with Crippen molar-refractivity contribution in [1.29, 1.82) is 0 Å². The van der Waals surface area contributed by atoms with E-state index in [9.17, 15) is 9.59 Å². The maximum atomic E-state index is 12.3. The zero-order valence-corrected chi connectivity index (χ0v) is 13.0. The van der Waals surface area contributed by atoms with Gasteiger partial charge in [-0.3, -0.25) is 4.79 Å². The van der Waals surface area contributed by atoms with Crippen molar-refractivity contribution in [2.45, 2.75) is 6.92 Å². The average Bonchev–Trinajstić information content (AvgIpc) is 3.16. The highest BCUT2D eigenvalue weighted by atomic mass is 16.5. The third-order valence-corrected chi connectivity index (χ3v) is 3.51. The predicted molar refractivity (Wildman–Crippen MR) is 91.5 cm³/mol. The summed E-state index contributed by atoms with van der Waals surface area (Å²) in [5.74, 6) is -0.465. The van der Waals surface area contributed by atoms with Crippen LogP contribution in [0.1, 0.15) is 21.7 Å². The first-order valence-corrected chi connectivity index (χ1v) is 7.34. The number of carbonyl (C=O) groups excluding carboxylic acids is 2. The van der Waals surface area contributed by atoms with Gasteiger partial charge in [0.2, 0.25) is 5.78 Å². The molecule has 5 nitrogen and oxygen atoms in total. The van der Waals surface area contributed by atoms with E-state index in [1.165, 1.54) is 12.2 Å². The summed E-state index contributed by atoms with van der Waals surface area (Å²) in [4.78, 5) is 27.0. The minimum atomic E-state index is -0.630. The van der Waals surface area contributed by atoms with E-state index in [-0.39, 0.29) is 18.0 Å². The fourth-order valence-electron chi connectivity index (χ4n) is 2.34. The van der Waals surface area contributed by atoms with Crippen LogP contribution in [0.5, 0.6) is 0 Å². The molecule has 0 saturated heterocycles. The largest absolute Gasteiger partial charge is 0.473 e. The molecule has 0 aliphatic heterocycles. The third-order valence-electron chi connectivity index (χ3n) is 3.51. The normalized spacial score (nSPS) is 11.2. The molecule has 0 amide bonds. The lowest BCUT2D eigenvalue weighted by molar-refractivity contribution is -0.136. The number of ketones is 1. The molecule has 1 aromatic carbocycles. The van der Waals surface area contributed by atoms with E-state index < -0.39 is 5.97 Å². The van der Waals surface area contributed by atoms with Gasteiger partial charge in [0, 0.05) is 34.4 Å². The molecule has 6 heteroatoms. The molecule has 0 spiro atoms. The van der Waals surface area contributed by atoms with Gasteiger partial charge in [-0.05, 0) is 37.3 Å². The van der Waals surface area contributed by atoms with E-state index in [1.54, 1.807) is 18.3 Å². The van der Waals surface area contributed by atoms with Gasteiger partial charge >= 0.3 is 5.97 Å². The number of Topliss-reactive ketones (excluding diaryl/α,β-unsaturated/α-hetero) is 1. The summed E-state index contributed by atoms with van der Waals surface area (Å²) in [6.45, 7) is 1.62. The Bertz CT molecular complexity index is 936. The number of fused-ring (bicyclic) bond motifs is 1. The Balaban J connectivity index is 1.63. The molecule has 0 aliphatic carbocycles. The Morgan fingerprint density at radius 3 is 2.88 bits per heavy atom. The number of aryl methyl sites for hydroxylation is 1. The number of aromatic nitrogens is 1. The topological polar surface area (TPSA) is 72.3 Å². The quantitative estimate of drug-likeness (QED) is 0.339. The standard InChI is InChI=1S/C18H14BNO4/c1-11-2-5-15-13(8-11)14(9-20-15)16(21)10-23-18(22)7-4-12-3-6-17(19)24-12/h2-9,20H,10H2,1H3/b7-4+. The molecule has 2 radical (unpaired) electrons. The number of carbonyl (C=O) groups is 2. The molecule has 3 aromatic rings. The Morgan fingerprint density at radius 2 is 2.12 bits per heavy atom. The monoisotopic (exact) mass is 319 g/mol. The molecule has 118 valence electrons. The minimum absolute atomic E-state index is 0.257. The van der Waals surface area contributed by atoms with Crippen molar-refractivity contribution in [2.75, 3.05) is 6.61 Å². The Hall–Kier alpha value is -3.02. The predicted octanol–water partition coefficient (Wildman–Crippen LogP) is 2.30. The highest BCUT2D eigenvalue weighted by molar-refractivity contribution is 6.29. The second kappa shape index (κ2) is 6.62. The van der Waals surface area contributed by atoms with Crippen LogP contribution in [0.4, 0.5) is 0 Å². The van der Waals surface area contributed by atoms with E-state index in [4.69, 9.17) is 17.0 Å². The third kappa shape index (κ3) is 3.48. The van der Waals surface area contributed by atoms with Gasteiger partial charge in [-0.1, -0.05) is 11.6 Å². The van der Waals surface area contributed by atoms with Crippen molar-refractivity contribution in [1.82, 2.24) is 4.98 Å². The molecule has 3 rings (SSSR count). The number of furan rings is 1. The molecule has 24 heavy (non-hydrogen) atoms. The summed E-state index contributed by atoms with van der Waals surface area (Å²) < 4.78 is 10.1. The van der Waals surface area contributed by atoms with E-state index in [0.29, 0.717) is 11.3 Å². The number of nitrogens with one attached hydrogen (secondary N) is 1. The highest BCUT2D eigenvalue weighted by Crippen LogP contribution is 2.20. The summed E-state index contributed by atoms with van der Waals surface area (Å²) >= 11 is 0. The molecule has 0 unspecified atom stereocenters. The van der Waals surface area contributed by atoms with Crippen molar-refractivity contribution in [3.05, 3.63) is 59.5 Å². The minimum Gasteiger partial charge on any atom is -0.473 e. The number of esters is 1. The van der Waals surface area contributed by atoms with E-state index in [0.717, 1.165) is 16.5 Å². The fourth-order valence-corrected chi connectivity index (χ4v) is 2.34. The number of rotatable bonds is 5. The van der Waals surface area contributed by atoms with Crippen molar-refractivity contribution in [3.8, 4) is 0 Å². The van der Waals surface area contributed by atoms with Crippen LogP contribution >= 0.6 is 0 Å². The molecule has 0 aliphatic rings. The Kier molecular flexibility index (Phi) is 4.38. The summed E-state index contributed by atoms with van der Waals surface area (Å²) in [6, 6.07) is 8.98.